The van der Waals surface area contributed by atoms with Crippen LogP contribution < -0.4 is 5.73 Å². The molecule has 3 nitrogen and oxygen atoms in total. The minimum atomic E-state index is -0.512. The molecule has 0 aliphatic rings. The van der Waals surface area contributed by atoms with Gasteiger partial charge in [-0.15, -0.1) is 0 Å². The zero-order valence-electron chi connectivity index (χ0n) is 13.4. The predicted molar refractivity (Wildman–Crippen MR) is 90.5 cm³/mol. The van der Waals surface area contributed by atoms with Crippen LogP contribution in [0.4, 0.5) is 10.1 Å². The fraction of sp³-hybridized carbons (Fsp3) is 0.211. The minimum absolute atomic E-state index is 0.00715. The second-order valence-corrected chi connectivity index (χ2v) is 5.51. The molecular formula is C19H19FN2O. The van der Waals surface area contributed by atoms with Crippen LogP contribution in [-0.2, 0) is 0 Å². The molecule has 0 amide bonds. The smallest absolute Gasteiger partial charge is 0.146 e. The summed E-state index contributed by atoms with van der Waals surface area (Å²) in [4.78, 5) is 0. The van der Waals surface area contributed by atoms with Gasteiger partial charge < -0.3 is 10.8 Å². The molecule has 3 N–H and O–H groups in total. The molecule has 0 radical (unpaired) electrons. The van der Waals surface area contributed by atoms with Crippen molar-refractivity contribution in [1.29, 1.82) is 5.26 Å². The third-order valence-electron chi connectivity index (χ3n) is 3.78. The van der Waals surface area contributed by atoms with Crippen LogP contribution >= 0.6 is 0 Å². The number of allylic oxidation sites excluding steroid dienone is 1. The maximum Gasteiger partial charge on any atom is 0.146 e. The van der Waals surface area contributed by atoms with Gasteiger partial charge in [-0.3, -0.25) is 0 Å². The molecule has 0 unspecified atom stereocenters. The van der Waals surface area contributed by atoms with Gasteiger partial charge in [-0.05, 0) is 54.7 Å². The zero-order chi connectivity index (χ0) is 17.1. The highest BCUT2D eigenvalue weighted by molar-refractivity contribution is 5.87. The number of halogens is 1. The molecule has 2 rings (SSSR count). The van der Waals surface area contributed by atoms with Crippen LogP contribution in [0.2, 0.25) is 0 Å². The largest absolute Gasteiger partial charge is 0.505 e. The molecule has 0 saturated carbocycles. The molecule has 0 saturated heterocycles. The maximum atomic E-state index is 13.8. The Labute approximate surface area is 135 Å². The van der Waals surface area contributed by atoms with Gasteiger partial charge in [0.2, 0.25) is 0 Å². The summed E-state index contributed by atoms with van der Waals surface area (Å²) in [7, 11) is 0. The SMILES string of the molecule is CC/C=C(\c1cc(C#N)c(C)cc1C)c1cc(F)cc(N)c1O. The summed E-state index contributed by atoms with van der Waals surface area (Å²) in [5, 5.41) is 19.5. The van der Waals surface area contributed by atoms with Crippen molar-refractivity contribution in [2.45, 2.75) is 27.2 Å². The van der Waals surface area contributed by atoms with E-state index in [0.717, 1.165) is 22.8 Å². The number of phenols is 1. The average molecular weight is 310 g/mol. The van der Waals surface area contributed by atoms with Crippen molar-refractivity contribution in [3.63, 3.8) is 0 Å². The number of nitrogen functional groups attached to an aromatic ring is 1. The topological polar surface area (TPSA) is 70.0 Å². The lowest BCUT2D eigenvalue weighted by atomic mass is 9.90. The number of benzene rings is 2. The van der Waals surface area contributed by atoms with Crippen LogP contribution in [0.1, 0.15) is 41.2 Å². The Balaban J connectivity index is 2.76. The number of nitrogens with two attached hydrogens (primary N) is 1. The first-order valence-corrected chi connectivity index (χ1v) is 7.39. The lowest BCUT2D eigenvalue weighted by molar-refractivity contribution is 0.474. The lowest BCUT2D eigenvalue weighted by Gasteiger charge is -2.16. The minimum Gasteiger partial charge on any atom is -0.505 e. The highest BCUT2D eigenvalue weighted by Gasteiger charge is 2.16. The number of phenolic OH excluding ortho intramolecular Hbond substituents is 1. The quantitative estimate of drug-likeness (QED) is 0.650. The van der Waals surface area contributed by atoms with Gasteiger partial charge in [-0.1, -0.05) is 19.1 Å². The first-order valence-electron chi connectivity index (χ1n) is 7.39. The first-order chi connectivity index (χ1) is 10.9. The van der Waals surface area contributed by atoms with Crippen molar-refractivity contribution in [3.05, 3.63) is 64.0 Å². The number of aryl methyl sites for hydroxylation is 2. The number of nitrogens with zero attached hydrogens (tertiary/aromatic N) is 1. The van der Waals surface area contributed by atoms with Crippen molar-refractivity contribution in [1.82, 2.24) is 0 Å². The molecule has 4 heteroatoms. The van der Waals surface area contributed by atoms with Crippen molar-refractivity contribution in [2.24, 2.45) is 0 Å². The first kappa shape index (κ1) is 16.6. The second-order valence-electron chi connectivity index (χ2n) is 5.51. The molecule has 0 aromatic heterocycles. The van der Waals surface area contributed by atoms with E-state index in [-0.39, 0.29) is 11.4 Å². The highest BCUT2D eigenvalue weighted by Crippen LogP contribution is 2.37. The van der Waals surface area contributed by atoms with Gasteiger partial charge in [-0.2, -0.15) is 5.26 Å². The molecule has 2 aromatic carbocycles. The van der Waals surface area contributed by atoms with E-state index in [1.54, 1.807) is 6.07 Å². The van der Waals surface area contributed by atoms with E-state index in [1.165, 1.54) is 6.07 Å². The van der Waals surface area contributed by atoms with Gasteiger partial charge in [0.25, 0.3) is 0 Å². The number of rotatable bonds is 3. The van der Waals surface area contributed by atoms with Crippen molar-refractivity contribution in [2.75, 3.05) is 5.73 Å². The van der Waals surface area contributed by atoms with Crippen LogP contribution in [0.15, 0.2) is 30.3 Å². The zero-order valence-corrected chi connectivity index (χ0v) is 13.4. The number of anilines is 1. The Kier molecular flexibility index (Phi) is 4.71. The van der Waals surface area contributed by atoms with E-state index in [0.29, 0.717) is 23.1 Å². The van der Waals surface area contributed by atoms with E-state index in [1.807, 2.05) is 32.9 Å². The monoisotopic (exact) mass is 310 g/mol. The van der Waals surface area contributed by atoms with E-state index < -0.39 is 5.82 Å². The van der Waals surface area contributed by atoms with Gasteiger partial charge in [0.15, 0.2) is 0 Å². The van der Waals surface area contributed by atoms with Crippen LogP contribution in [-0.4, -0.2) is 5.11 Å². The van der Waals surface area contributed by atoms with E-state index in [2.05, 4.69) is 6.07 Å². The Bertz CT molecular complexity index is 832. The van der Waals surface area contributed by atoms with Crippen molar-refractivity contribution >= 4 is 11.3 Å². The predicted octanol–water partition coefficient (Wildman–Crippen LogP) is 4.44. The fourth-order valence-electron chi connectivity index (χ4n) is 2.66. The molecule has 23 heavy (non-hydrogen) atoms. The summed E-state index contributed by atoms with van der Waals surface area (Å²) in [6.45, 7) is 5.75. The normalized spacial score (nSPS) is 11.3. The molecular weight excluding hydrogens is 291 g/mol. The summed E-state index contributed by atoms with van der Waals surface area (Å²) >= 11 is 0. The van der Waals surface area contributed by atoms with Crippen LogP contribution in [0.25, 0.3) is 5.57 Å². The molecule has 2 aromatic rings. The summed E-state index contributed by atoms with van der Waals surface area (Å²) in [6.07, 6.45) is 2.59. The van der Waals surface area contributed by atoms with Gasteiger partial charge in [0, 0.05) is 11.6 Å². The Morgan fingerprint density at radius 2 is 1.91 bits per heavy atom. The van der Waals surface area contributed by atoms with Gasteiger partial charge in [0.1, 0.15) is 11.6 Å². The van der Waals surface area contributed by atoms with E-state index in [9.17, 15) is 14.8 Å². The Morgan fingerprint density at radius 1 is 1.22 bits per heavy atom. The third-order valence-corrected chi connectivity index (χ3v) is 3.78. The van der Waals surface area contributed by atoms with Gasteiger partial charge in [0.05, 0.1) is 17.3 Å². The molecule has 0 spiro atoms. The molecule has 118 valence electrons. The van der Waals surface area contributed by atoms with Crippen LogP contribution in [0, 0.1) is 31.0 Å². The number of hydrogen-bond acceptors (Lipinski definition) is 3. The summed E-state index contributed by atoms with van der Waals surface area (Å²) < 4.78 is 13.8. The number of hydrogen-bond donors (Lipinski definition) is 2. The molecule has 0 aliphatic carbocycles. The number of aromatic hydroxyl groups is 1. The number of nitriles is 1. The third kappa shape index (κ3) is 3.19. The summed E-state index contributed by atoms with van der Waals surface area (Å²) in [5.41, 5.74) is 9.85. The van der Waals surface area contributed by atoms with E-state index in [4.69, 9.17) is 5.73 Å². The molecule has 0 bridgehead atoms. The lowest BCUT2D eigenvalue weighted by Crippen LogP contribution is -1.98. The second kappa shape index (κ2) is 6.53. The van der Waals surface area contributed by atoms with Crippen molar-refractivity contribution < 1.29 is 9.50 Å². The summed E-state index contributed by atoms with van der Waals surface area (Å²) in [6, 6.07) is 8.20. The Hall–Kier alpha value is -2.80. The van der Waals surface area contributed by atoms with Gasteiger partial charge in [-0.25, -0.2) is 4.39 Å². The summed E-state index contributed by atoms with van der Waals surface area (Å²) in [5.74, 6) is -0.660. The molecule has 0 fully saturated rings. The van der Waals surface area contributed by atoms with Crippen molar-refractivity contribution in [3.8, 4) is 11.8 Å². The van der Waals surface area contributed by atoms with Gasteiger partial charge >= 0.3 is 0 Å². The average Bonchev–Trinajstić information content (AvgIpc) is 2.49. The maximum absolute atomic E-state index is 13.8. The molecule has 0 atom stereocenters. The van der Waals surface area contributed by atoms with Crippen LogP contribution in [0.3, 0.4) is 0 Å². The standard InChI is InChI=1S/C19H19FN2O/c1-4-5-15(17-8-14(20)9-18(22)19(17)23)16-7-13(10-21)11(2)6-12(16)3/h5-9,23H,4,22H2,1-3H3/b15-5+. The Morgan fingerprint density at radius 3 is 2.52 bits per heavy atom. The molecule has 0 aliphatic heterocycles. The van der Waals surface area contributed by atoms with E-state index >= 15 is 0 Å². The highest BCUT2D eigenvalue weighted by atomic mass is 19.1. The fourth-order valence-corrected chi connectivity index (χ4v) is 2.66. The van der Waals surface area contributed by atoms with Crippen LogP contribution in [0.5, 0.6) is 5.75 Å². The molecule has 0 heterocycles.